The molecule has 16 heavy (non-hydrogen) atoms. The molecule has 90 valence electrons. The van der Waals surface area contributed by atoms with E-state index in [9.17, 15) is 13.9 Å². The molecule has 0 spiro atoms. The lowest BCUT2D eigenvalue weighted by atomic mass is 10.1. The summed E-state index contributed by atoms with van der Waals surface area (Å²) in [5.74, 6) is 0.607. The molecule has 1 aromatic rings. The van der Waals surface area contributed by atoms with E-state index < -0.39 is 10.9 Å². The molecule has 0 aliphatic heterocycles. The molecular weight excluding hydrogens is 282 g/mol. The Morgan fingerprint density at radius 3 is 2.38 bits per heavy atom. The predicted octanol–water partition coefficient (Wildman–Crippen LogP) is 3.50. The Morgan fingerprint density at radius 1 is 1.38 bits per heavy atom. The Hall–Kier alpha value is -0.680. The smallest absolute Gasteiger partial charge is 0.330 e. The largest absolute Gasteiger partial charge is 0.494 e. The highest BCUT2D eigenvalue weighted by Gasteiger charge is 2.35. The quantitative estimate of drug-likeness (QED) is 0.842. The van der Waals surface area contributed by atoms with Crippen LogP contribution < -0.4 is 4.74 Å². The van der Waals surface area contributed by atoms with Gasteiger partial charge in [0.1, 0.15) is 5.75 Å². The molecule has 0 fully saturated rings. The molecule has 5 heteroatoms. The molecule has 0 amide bonds. The maximum absolute atomic E-state index is 12.7. The Balaban J connectivity index is 2.71. The van der Waals surface area contributed by atoms with Gasteiger partial charge in [0.25, 0.3) is 0 Å². The van der Waals surface area contributed by atoms with Crippen molar-refractivity contribution >= 4 is 15.9 Å². The Bertz CT molecular complexity index is 322. The van der Waals surface area contributed by atoms with Crippen molar-refractivity contribution in [3.8, 4) is 5.75 Å². The van der Waals surface area contributed by atoms with Crippen molar-refractivity contribution in [2.45, 2.75) is 24.3 Å². The van der Waals surface area contributed by atoms with Gasteiger partial charge in [0.2, 0.25) is 0 Å². The van der Waals surface area contributed by atoms with E-state index in [2.05, 4.69) is 15.9 Å². The second-order valence-corrected chi connectivity index (χ2v) is 4.42. The van der Waals surface area contributed by atoms with Crippen LogP contribution in [-0.2, 0) is 0 Å². The van der Waals surface area contributed by atoms with Gasteiger partial charge < -0.3 is 9.84 Å². The topological polar surface area (TPSA) is 29.5 Å². The maximum atomic E-state index is 12.7. The van der Waals surface area contributed by atoms with E-state index in [4.69, 9.17) is 4.74 Å². The first kappa shape index (κ1) is 13.4. The summed E-state index contributed by atoms with van der Waals surface area (Å²) in [6.45, 7) is 2.56. The zero-order chi connectivity index (χ0) is 12.2. The number of alkyl halides is 3. The third-order valence-electron chi connectivity index (χ3n) is 1.98. The van der Waals surface area contributed by atoms with E-state index >= 15 is 0 Å². The number of benzene rings is 1. The minimum absolute atomic E-state index is 0.144. The van der Waals surface area contributed by atoms with Crippen LogP contribution in [0.3, 0.4) is 0 Å². The van der Waals surface area contributed by atoms with Crippen molar-refractivity contribution in [1.82, 2.24) is 0 Å². The third-order valence-corrected chi connectivity index (χ3v) is 2.41. The number of halogens is 3. The number of hydrogen-bond acceptors (Lipinski definition) is 2. The van der Waals surface area contributed by atoms with Crippen LogP contribution in [-0.4, -0.2) is 16.5 Å². The van der Waals surface area contributed by atoms with E-state index in [1.165, 1.54) is 12.1 Å². The molecule has 2 nitrogen and oxygen atoms in total. The van der Waals surface area contributed by atoms with Gasteiger partial charge in [-0.1, -0.05) is 19.1 Å². The number of aliphatic hydroxyl groups excluding tert-OH is 1. The fourth-order valence-electron chi connectivity index (χ4n) is 1.16. The van der Waals surface area contributed by atoms with Gasteiger partial charge in [-0.05, 0) is 40.0 Å². The number of aliphatic hydroxyl groups is 1. The fraction of sp³-hybridized carbons (Fsp3) is 0.455. The second-order valence-electron chi connectivity index (χ2n) is 3.36. The van der Waals surface area contributed by atoms with Crippen molar-refractivity contribution in [2.75, 3.05) is 6.61 Å². The van der Waals surface area contributed by atoms with Gasteiger partial charge in [-0.15, -0.1) is 0 Å². The first-order chi connectivity index (χ1) is 7.45. The van der Waals surface area contributed by atoms with Crippen LogP contribution in [0.15, 0.2) is 24.3 Å². The molecule has 1 atom stereocenters. The zero-order valence-electron chi connectivity index (χ0n) is 8.79. The minimum atomic E-state index is -3.32. The molecule has 1 unspecified atom stereocenters. The lowest BCUT2D eigenvalue weighted by molar-refractivity contribution is -0.0294. The van der Waals surface area contributed by atoms with Crippen molar-refractivity contribution < 1.29 is 18.6 Å². The molecule has 0 radical (unpaired) electrons. The second kappa shape index (κ2) is 5.59. The van der Waals surface area contributed by atoms with Gasteiger partial charge in [0.05, 0.1) is 6.61 Å². The van der Waals surface area contributed by atoms with Crippen LogP contribution in [0.5, 0.6) is 5.75 Å². The lowest BCUT2D eigenvalue weighted by Crippen LogP contribution is -2.18. The summed E-state index contributed by atoms with van der Waals surface area (Å²) in [5, 5.41) is 9.29. The monoisotopic (exact) mass is 294 g/mol. The normalized spacial score (nSPS) is 13.6. The Morgan fingerprint density at radius 2 is 1.94 bits per heavy atom. The van der Waals surface area contributed by atoms with Crippen molar-refractivity contribution in [2.24, 2.45) is 0 Å². The van der Waals surface area contributed by atoms with E-state index in [-0.39, 0.29) is 5.56 Å². The summed E-state index contributed by atoms with van der Waals surface area (Å²) in [6, 6.07) is 5.97. The van der Waals surface area contributed by atoms with E-state index in [0.717, 1.165) is 6.42 Å². The van der Waals surface area contributed by atoms with Gasteiger partial charge in [0, 0.05) is 0 Å². The van der Waals surface area contributed by atoms with Crippen molar-refractivity contribution in [3.63, 3.8) is 0 Å². The minimum Gasteiger partial charge on any atom is -0.494 e. The zero-order valence-corrected chi connectivity index (χ0v) is 10.4. The van der Waals surface area contributed by atoms with Crippen LogP contribution in [0.25, 0.3) is 0 Å². The summed E-state index contributed by atoms with van der Waals surface area (Å²) in [5.41, 5.74) is 0.144. The Kier molecular flexibility index (Phi) is 4.68. The van der Waals surface area contributed by atoms with Crippen LogP contribution in [0.2, 0.25) is 0 Å². The Labute approximate surface area is 101 Å². The molecule has 1 N–H and O–H groups in total. The molecule has 0 aliphatic rings. The average molecular weight is 295 g/mol. The van der Waals surface area contributed by atoms with Crippen LogP contribution >= 0.6 is 15.9 Å². The number of hydrogen-bond donors (Lipinski definition) is 1. The van der Waals surface area contributed by atoms with Gasteiger partial charge in [0.15, 0.2) is 6.10 Å². The standard InChI is InChI=1S/C11H13BrF2O2/c1-2-7-16-9-5-3-8(4-6-9)10(15)11(12,13)14/h3-6,10,15H,2,7H2,1H3. The molecule has 0 aromatic heterocycles. The molecule has 0 aliphatic carbocycles. The van der Waals surface area contributed by atoms with E-state index in [1.807, 2.05) is 6.92 Å². The van der Waals surface area contributed by atoms with Crippen LogP contribution in [0, 0.1) is 0 Å². The van der Waals surface area contributed by atoms with E-state index in [0.29, 0.717) is 12.4 Å². The third kappa shape index (κ3) is 3.72. The summed E-state index contributed by atoms with van der Waals surface area (Å²) in [6.07, 6.45) is -0.975. The van der Waals surface area contributed by atoms with Gasteiger partial charge in [-0.25, -0.2) is 0 Å². The lowest BCUT2D eigenvalue weighted by Gasteiger charge is -2.16. The summed E-state index contributed by atoms with van der Waals surface area (Å²) in [4.78, 5) is -3.32. The molecule has 0 bridgehead atoms. The molecule has 1 aromatic carbocycles. The summed E-state index contributed by atoms with van der Waals surface area (Å²) in [7, 11) is 0. The van der Waals surface area contributed by atoms with Gasteiger partial charge >= 0.3 is 4.83 Å². The molecular formula is C11H13BrF2O2. The van der Waals surface area contributed by atoms with Gasteiger partial charge in [-0.3, -0.25) is 0 Å². The molecule has 0 heterocycles. The highest BCUT2D eigenvalue weighted by Crippen LogP contribution is 2.36. The molecule has 0 saturated heterocycles. The number of rotatable bonds is 5. The highest BCUT2D eigenvalue weighted by molar-refractivity contribution is 9.10. The van der Waals surface area contributed by atoms with Gasteiger partial charge in [-0.2, -0.15) is 8.78 Å². The number of ether oxygens (including phenoxy) is 1. The molecule has 1 rings (SSSR count). The van der Waals surface area contributed by atoms with Crippen LogP contribution in [0.1, 0.15) is 25.0 Å². The average Bonchev–Trinajstić information content (AvgIpc) is 2.25. The first-order valence-corrected chi connectivity index (χ1v) is 5.72. The summed E-state index contributed by atoms with van der Waals surface area (Å²) >= 11 is 2.13. The van der Waals surface area contributed by atoms with E-state index in [1.54, 1.807) is 12.1 Å². The molecule has 0 saturated carbocycles. The first-order valence-electron chi connectivity index (χ1n) is 4.92. The van der Waals surface area contributed by atoms with Crippen LogP contribution in [0.4, 0.5) is 8.78 Å². The summed E-state index contributed by atoms with van der Waals surface area (Å²) < 4.78 is 30.8. The SMILES string of the molecule is CCCOc1ccc(C(O)C(F)(F)Br)cc1. The fourth-order valence-corrected chi connectivity index (χ4v) is 1.42. The van der Waals surface area contributed by atoms with Crippen molar-refractivity contribution in [3.05, 3.63) is 29.8 Å². The van der Waals surface area contributed by atoms with Crippen molar-refractivity contribution in [1.29, 1.82) is 0 Å². The maximum Gasteiger partial charge on any atom is 0.330 e. The predicted molar refractivity (Wildman–Crippen MR) is 61.1 cm³/mol. The highest BCUT2D eigenvalue weighted by atomic mass is 79.9.